The molecule has 41 heavy (non-hydrogen) atoms. The molecule has 0 unspecified atom stereocenters. The first kappa shape index (κ1) is 28.3. The fourth-order valence-electron chi connectivity index (χ4n) is 5.37. The number of aliphatic hydroxyl groups excluding tert-OH is 1. The Hall–Kier alpha value is -4.27. The van der Waals surface area contributed by atoms with Gasteiger partial charge in [-0.3, -0.25) is 14.4 Å². The van der Waals surface area contributed by atoms with E-state index in [2.05, 4.69) is 0 Å². The Bertz CT molecular complexity index is 1530. The highest BCUT2D eigenvalue weighted by atomic mass is 32.1. The molecule has 2 heterocycles. The van der Waals surface area contributed by atoms with E-state index >= 15 is 0 Å². The highest BCUT2D eigenvalue weighted by molar-refractivity contribution is 7.09. The van der Waals surface area contributed by atoms with Crippen molar-refractivity contribution in [1.82, 2.24) is 9.80 Å². The Balaban J connectivity index is 1.48. The highest BCUT2D eigenvalue weighted by Crippen LogP contribution is 2.32. The van der Waals surface area contributed by atoms with E-state index in [9.17, 15) is 24.6 Å². The minimum atomic E-state index is -0.968. The van der Waals surface area contributed by atoms with Crippen LogP contribution >= 0.6 is 11.3 Å². The van der Waals surface area contributed by atoms with Crippen LogP contribution in [-0.4, -0.2) is 63.5 Å². The molecule has 0 spiro atoms. The number of carboxylic acids is 1. The Morgan fingerprint density at radius 2 is 1.49 bits per heavy atom. The molecule has 2 N–H and O–H groups in total. The number of carbonyl (C=O) groups is 3. The van der Waals surface area contributed by atoms with E-state index in [1.807, 2.05) is 66.0 Å². The maximum absolute atomic E-state index is 14.1. The van der Waals surface area contributed by atoms with Crippen LogP contribution in [0.5, 0.6) is 0 Å². The largest absolute Gasteiger partial charge is 0.481 e. The molecule has 5 rings (SSSR count). The van der Waals surface area contributed by atoms with Gasteiger partial charge in [-0.25, -0.2) is 0 Å². The second-order valence-corrected chi connectivity index (χ2v) is 11.1. The fourth-order valence-corrected chi connectivity index (χ4v) is 6.07. The van der Waals surface area contributed by atoms with Gasteiger partial charge >= 0.3 is 5.97 Å². The van der Waals surface area contributed by atoms with Crippen molar-refractivity contribution in [3.63, 3.8) is 0 Å². The van der Waals surface area contributed by atoms with Gasteiger partial charge in [0.2, 0.25) is 0 Å². The van der Waals surface area contributed by atoms with Crippen molar-refractivity contribution < 1.29 is 24.6 Å². The summed E-state index contributed by atoms with van der Waals surface area (Å²) in [5.74, 6) is -1.46. The quantitative estimate of drug-likeness (QED) is 0.276. The van der Waals surface area contributed by atoms with Gasteiger partial charge in [0, 0.05) is 35.6 Å². The van der Waals surface area contributed by atoms with E-state index in [1.165, 1.54) is 0 Å². The van der Waals surface area contributed by atoms with Crippen molar-refractivity contribution in [3.05, 3.63) is 117 Å². The standard InChI is InChI=1S/C33H32N2O5S/c36-22-25-20-23-8-1-2-9-24(23)21-35(25)33(40)30-14-6-4-12-28(30)27-11-3-5-13-29(27)32(39)34(18-16-31(37)38)17-15-26-10-7-19-41-26/h1-14,19,25,36H,15-18,20-22H2,(H,37,38)/t25-/m0/s1. The first-order valence-electron chi connectivity index (χ1n) is 13.7. The summed E-state index contributed by atoms with van der Waals surface area (Å²) in [5.41, 5.74) is 4.26. The summed E-state index contributed by atoms with van der Waals surface area (Å²) in [6.45, 7) is 0.702. The van der Waals surface area contributed by atoms with Crippen LogP contribution in [-0.2, 0) is 24.2 Å². The van der Waals surface area contributed by atoms with Crippen LogP contribution in [0, 0.1) is 0 Å². The number of thiophene rings is 1. The maximum Gasteiger partial charge on any atom is 0.305 e. The molecule has 0 saturated carbocycles. The number of carbonyl (C=O) groups excluding carboxylic acids is 2. The molecule has 2 amide bonds. The zero-order valence-electron chi connectivity index (χ0n) is 22.6. The third-order valence-electron chi connectivity index (χ3n) is 7.52. The molecule has 0 saturated heterocycles. The van der Waals surface area contributed by atoms with Gasteiger partial charge in [0.25, 0.3) is 11.8 Å². The molecule has 0 bridgehead atoms. The number of hydrogen-bond donors (Lipinski definition) is 2. The zero-order chi connectivity index (χ0) is 28.8. The van der Waals surface area contributed by atoms with Crippen molar-refractivity contribution >= 4 is 29.1 Å². The second-order valence-electron chi connectivity index (χ2n) is 10.1. The van der Waals surface area contributed by atoms with Crippen molar-refractivity contribution in [2.45, 2.75) is 31.8 Å². The van der Waals surface area contributed by atoms with Gasteiger partial charge in [0.1, 0.15) is 0 Å². The SMILES string of the molecule is O=C(O)CCN(CCc1cccs1)C(=O)c1ccccc1-c1ccccc1C(=O)N1Cc2ccccc2C[C@H]1CO. The monoisotopic (exact) mass is 568 g/mol. The lowest BCUT2D eigenvalue weighted by Gasteiger charge is -2.36. The van der Waals surface area contributed by atoms with Gasteiger partial charge in [-0.2, -0.15) is 0 Å². The summed E-state index contributed by atoms with van der Waals surface area (Å²) in [7, 11) is 0. The smallest absolute Gasteiger partial charge is 0.305 e. The van der Waals surface area contributed by atoms with Crippen molar-refractivity contribution in [2.24, 2.45) is 0 Å². The number of carboxylic acid groups (broad SMARTS) is 1. The summed E-state index contributed by atoms with van der Waals surface area (Å²) in [6, 6.07) is 25.9. The molecule has 1 aliphatic rings. The van der Waals surface area contributed by atoms with Gasteiger partial charge in [-0.05, 0) is 58.7 Å². The van der Waals surface area contributed by atoms with Gasteiger partial charge in [-0.15, -0.1) is 11.3 Å². The van der Waals surface area contributed by atoms with Gasteiger partial charge in [-0.1, -0.05) is 66.7 Å². The Morgan fingerprint density at radius 1 is 0.829 bits per heavy atom. The van der Waals surface area contributed by atoms with E-state index in [-0.39, 0.29) is 37.4 Å². The van der Waals surface area contributed by atoms with Crippen molar-refractivity contribution in [2.75, 3.05) is 19.7 Å². The molecule has 1 atom stereocenters. The normalized spacial score (nSPS) is 14.4. The summed E-state index contributed by atoms with van der Waals surface area (Å²) < 4.78 is 0. The maximum atomic E-state index is 14.1. The Labute approximate surface area is 243 Å². The molecule has 4 aromatic rings. The highest BCUT2D eigenvalue weighted by Gasteiger charge is 2.31. The number of benzene rings is 3. The Kier molecular flexibility index (Phi) is 8.91. The minimum absolute atomic E-state index is 0.0832. The van der Waals surface area contributed by atoms with Crippen LogP contribution in [0.15, 0.2) is 90.3 Å². The van der Waals surface area contributed by atoms with Crippen LogP contribution in [0.2, 0.25) is 0 Å². The van der Waals surface area contributed by atoms with Gasteiger partial charge < -0.3 is 20.0 Å². The number of amides is 2. The van der Waals surface area contributed by atoms with E-state index in [0.717, 1.165) is 16.0 Å². The molecule has 0 fully saturated rings. The molecule has 0 radical (unpaired) electrons. The van der Waals surface area contributed by atoms with Crippen LogP contribution in [0.4, 0.5) is 0 Å². The molecule has 1 aromatic heterocycles. The van der Waals surface area contributed by atoms with Gasteiger partial charge in [0.15, 0.2) is 0 Å². The van der Waals surface area contributed by atoms with Crippen LogP contribution in [0.3, 0.4) is 0 Å². The molecule has 1 aliphatic heterocycles. The van der Waals surface area contributed by atoms with E-state index in [0.29, 0.717) is 48.2 Å². The second kappa shape index (κ2) is 12.9. The topological polar surface area (TPSA) is 98.2 Å². The predicted molar refractivity (Wildman–Crippen MR) is 159 cm³/mol. The molecular formula is C33H32N2O5S. The van der Waals surface area contributed by atoms with Crippen molar-refractivity contribution in [3.8, 4) is 11.1 Å². The molecule has 0 aliphatic carbocycles. The first-order chi connectivity index (χ1) is 20.0. The summed E-state index contributed by atoms with van der Waals surface area (Å²) in [4.78, 5) is 43.8. The summed E-state index contributed by atoms with van der Waals surface area (Å²) in [5, 5.41) is 21.5. The van der Waals surface area contributed by atoms with Crippen LogP contribution < -0.4 is 0 Å². The minimum Gasteiger partial charge on any atom is -0.481 e. The van der Waals surface area contributed by atoms with E-state index in [1.54, 1.807) is 45.4 Å². The van der Waals surface area contributed by atoms with Gasteiger partial charge in [0.05, 0.1) is 19.1 Å². The molecule has 8 heteroatoms. The number of hydrogen-bond acceptors (Lipinski definition) is 5. The van der Waals surface area contributed by atoms with Crippen LogP contribution in [0.25, 0.3) is 11.1 Å². The third kappa shape index (κ3) is 6.39. The van der Waals surface area contributed by atoms with E-state index < -0.39 is 5.97 Å². The molecule has 7 nitrogen and oxygen atoms in total. The zero-order valence-corrected chi connectivity index (χ0v) is 23.4. The Morgan fingerprint density at radius 3 is 2.17 bits per heavy atom. The van der Waals surface area contributed by atoms with E-state index in [4.69, 9.17) is 0 Å². The lowest BCUT2D eigenvalue weighted by molar-refractivity contribution is -0.137. The molecular weight excluding hydrogens is 536 g/mol. The number of fused-ring (bicyclic) bond motifs is 1. The number of aliphatic carboxylic acids is 1. The third-order valence-corrected chi connectivity index (χ3v) is 8.46. The lowest BCUT2D eigenvalue weighted by atomic mass is 9.91. The van der Waals surface area contributed by atoms with Crippen LogP contribution in [0.1, 0.15) is 43.1 Å². The number of nitrogens with zero attached hydrogens (tertiary/aromatic N) is 2. The molecule has 210 valence electrons. The number of rotatable bonds is 10. The van der Waals surface area contributed by atoms with Crippen molar-refractivity contribution in [1.29, 1.82) is 0 Å². The number of aliphatic hydroxyl groups is 1. The average molecular weight is 569 g/mol. The first-order valence-corrected chi connectivity index (χ1v) is 14.5. The summed E-state index contributed by atoms with van der Waals surface area (Å²) >= 11 is 1.60. The predicted octanol–water partition coefficient (Wildman–Crippen LogP) is 5.13. The summed E-state index contributed by atoms with van der Waals surface area (Å²) in [6.07, 6.45) is 1.03. The fraction of sp³-hybridized carbons (Fsp3) is 0.242. The molecule has 3 aromatic carbocycles. The average Bonchev–Trinajstić information content (AvgIpc) is 3.53. The lowest BCUT2D eigenvalue weighted by Crippen LogP contribution is -2.46.